The second-order valence-corrected chi connectivity index (χ2v) is 8.13. The number of carbonyl (C=O) groups excluding carboxylic acids is 1. The second kappa shape index (κ2) is 7.64. The summed E-state index contributed by atoms with van der Waals surface area (Å²) in [4.78, 5) is 17.4. The van der Waals surface area contributed by atoms with Gasteiger partial charge in [-0.3, -0.25) is 4.79 Å². The SMILES string of the molecule is O=C(CCN1c2ccccc2Sc2ccccc21)Nc1ccc2ccccc2c1. The van der Waals surface area contributed by atoms with Crippen LogP contribution < -0.4 is 10.2 Å². The van der Waals surface area contributed by atoms with Gasteiger partial charge in [0.15, 0.2) is 0 Å². The van der Waals surface area contributed by atoms with Gasteiger partial charge in [0.25, 0.3) is 0 Å². The van der Waals surface area contributed by atoms with Gasteiger partial charge in [0.2, 0.25) is 5.91 Å². The maximum absolute atomic E-state index is 12.7. The highest BCUT2D eigenvalue weighted by Gasteiger charge is 2.23. The maximum atomic E-state index is 12.7. The third kappa shape index (κ3) is 3.59. The van der Waals surface area contributed by atoms with Crippen molar-refractivity contribution in [1.82, 2.24) is 0 Å². The Morgan fingerprint density at radius 3 is 2.10 bits per heavy atom. The van der Waals surface area contributed by atoms with E-state index in [1.54, 1.807) is 11.8 Å². The van der Waals surface area contributed by atoms with Crippen LogP contribution in [0.3, 0.4) is 0 Å². The predicted octanol–water partition coefficient (Wildman–Crippen LogP) is 6.47. The van der Waals surface area contributed by atoms with Gasteiger partial charge in [-0.1, -0.05) is 66.4 Å². The summed E-state index contributed by atoms with van der Waals surface area (Å²) < 4.78 is 0. The van der Waals surface area contributed by atoms with E-state index in [0.717, 1.165) is 22.4 Å². The van der Waals surface area contributed by atoms with E-state index in [4.69, 9.17) is 0 Å². The zero-order valence-corrected chi connectivity index (χ0v) is 16.7. The lowest BCUT2D eigenvalue weighted by molar-refractivity contribution is -0.116. The molecule has 29 heavy (non-hydrogen) atoms. The lowest BCUT2D eigenvalue weighted by atomic mass is 10.1. The van der Waals surface area contributed by atoms with Gasteiger partial charge >= 0.3 is 0 Å². The van der Waals surface area contributed by atoms with Crippen molar-refractivity contribution in [2.45, 2.75) is 16.2 Å². The molecule has 0 atom stereocenters. The van der Waals surface area contributed by atoms with Crippen LogP contribution in [0.1, 0.15) is 6.42 Å². The zero-order chi connectivity index (χ0) is 19.6. The van der Waals surface area contributed by atoms with Gasteiger partial charge < -0.3 is 10.2 Å². The van der Waals surface area contributed by atoms with Gasteiger partial charge in [-0.2, -0.15) is 0 Å². The van der Waals surface area contributed by atoms with E-state index in [1.807, 2.05) is 30.3 Å². The summed E-state index contributed by atoms with van der Waals surface area (Å²) in [7, 11) is 0. The molecule has 1 N–H and O–H groups in total. The smallest absolute Gasteiger partial charge is 0.226 e. The first kappa shape index (κ1) is 17.8. The van der Waals surface area contributed by atoms with Crippen LogP contribution in [0.25, 0.3) is 10.8 Å². The number of carbonyl (C=O) groups is 1. The van der Waals surface area contributed by atoms with Crippen LogP contribution >= 0.6 is 11.8 Å². The van der Waals surface area contributed by atoms with Crippen molar-refractivity contribution in [3.05, 3.63) is 91.0 Å². The van der Waals surface area contributed by atoms with E-state index < -0.39 is 0 Å². The summed E-state index contributed by atoms with van der Waals surface area (Å²) in [6.45, 7) is 0.633. The Hall–Kier alpha value is -3.24. The van der Waals surface area contributed by atoms with Gasteiger partial charge in [0.1, 0.15) is 0 Å². The van der Waals surface area contributed by atoms with Crippen molar-refractivity contribution in [2.75, 3.05) is 16.8 Å². The van der Waals surface area contributed by atoms with Crippen molar-refractivity contribution in [3.8, 4) is 0 Å². The van der Waals surface area contributed by atoms with Crippen LogP contribution in [0.2, 0.25) is 0 Å². The van der Waals surface area contributed by atoms with E-state index in [-0.39, 0.29) is 5.91 Å². The number of rotatable bonds is 4. The van der Waals surface area contributed by atoms with Crippen LogP contribution in [0.4, 0.5) is 17.1 Å². The van der Waals surface area contributed by atoms with Crippen LogP contribution in [0.15, 0.2) is 101 Å². The normalized spacial score (nSPS) is 12.3. The van der Waals surface area contributed by atoms with Crippen molar-refractivity contribution in [3.63, 3.8) is 0 Å². The summed E-state index contributed by atoms with van der Waals surface area (Å²) in [5.74, 6) is 0.0217. The molecule has 4 heteroatoms. The second-order valence-electron chi connectivity index (χ2n) is 7.05. The fourth-order valence-corrected chi connectivity index (χ4v) is 4.82. The largest absolute Gasteiger partial charge is 0.339 e. The summed E-state index contributed by atoms with van der Waals surface area (Å²) >= 11 is 1.78. The van der Waals surface area contributed by atoms with Crippen molar-refractivity contribution >= 4 is 45.5 Å². The van der Waals surface area contributed by atoms with Gasteiger partial charge in [0.05, 0.1) is 11.4 Å². The molecule has 1 heterocycles. The molecule has 0 unspecified atom stereocenters. The van der Waals surface area contributed by atoms with Crippen molar-refractivity contribution in [2.24, 2.45) is 0 Å². The van der Waals surface area contributed by atoms with Crippen LogP contribution in [0.5, 0.6) is 0 Å². The summed E-state index contributed by atoms with van der Waals surface area (Å²) in [5, 5.41) is 5.35. The number of para-hydroxylation sites is 2. The van der Waals surface area contributed by atoms with E-state index in [9.17, 15) is 4.79 Å². The molecule has 0 bridgehead atoms. The van der Waals surface area contributed by atoms with Gasteiger partial charge in [-0.15, -0.1) is 0 Å². The summed E-state index contributed by atoms with van der Waals surface area (Å²) in [6, 6.07) is 30.9. The number of nitrogens with one attached hydrogen (secondary N) is 1. The topological polar surface area (TPSA) is 32.3 Å². The minimum absolute atomic E-state index is 0.0217. The average Bonchev–Trinajstić information content (AvgIpc) is 2.76. The lowest BCUT2D eigenvalue weighted by Crippen LogP contribution is -2.25. The number of benzene rings is 4. The number of nitrogens with zero attached hydrogens (tertiary/aromatic N) is 1. The molecular weight excluding hydrogens is 376 g/mol. The zero-order valence-electron chi connectivity index (χ0n) is 15.8. The van der Waals surface area contributed by atoms with Crippen molar-refractivity contribution < 1.29 is 4.79 Å². The Balaban J connectivity index is 1.33. The first-order valence-corrected chi connectivity index (χ1v) is 10.5. The molecule has 5 rings (SSSR count). The highest BCUT2D eigenvalue weighted by molar-refractivity contribution is 7.99. The van der Waals surface area contributed by atoms with Gasteiger partial charge in [0, 0.05) is 28.4 Å². The molecule has 4 aromatic rings. The number of amides is 1. The number of hydrogen-bond acceptors (Lipinski definition) is 3. The molecule has 0 saturated carbocycles. The Morgan fingerprint density at radius 2 is 1.38 bits per heavy atom. The Labute approximate surface area is 174 Å². The molecule has 1 aliphatic heterocycles. The molecule has 0 fully saturated rings. The van der Waals surface area contributed by atoms with E-state index in [1.165, 1.54) is 15.2 Å². The molecule has 0 radical (unpaired) electrons. The molecule has 0 spiro atoms. The average molecular weight is 397 g/mol. The van der Waals surface area contributed by atoms with E-state index >= 15 is 0 Å². The van der Waals surface area contributed by atoms with Gasteiger partial charge in [-0.25, -0.2) is 0 Å². The molecule has 4 aromatic carbocycles. The van der Waals surface area contributed by atoms with Crippen LogP contribution in [-0.2, 0) is 4.79 Å². The molecular formula is C25H20N2OS. The Kier molecular flexibility index (Phi) is 4.70. The molecule has 0 saturated heterocycles. The minimum atomic E-state index is 0.0217. The molecule has 1 aliphatic rings. The fraction of sp³-hybridized carbons (Fsp3) is 0.0800. The van der Waals surface area contributed by atoms with Crippen LogP contribution in [0, 0.1) is 0 Å². The highest BCUT2D eigenvalue weighted by Crippen LogP contribution is 2.47. The predicted molar refractivity (Wildman–Crippen MR) is 121 cm³/mol. The summed E-state index contributed by atoms with van der Waals surface area (Å²) in [6.07, 6.45) is 0.417. The monoisotopic (exact) mass is 396 g/mol. The van der Waals surface area contributed by atoms with Gasteiger partial charge in [-0.05, 0) is 47.2 Å². The molecule has 0 aliphatic carbocycles. The third-order valence-corrected chi connectivity index (χ3v) is 6.26. The number of anilines is 3. The molecule has 3 nitrogen and oxygen atoms in total. The molecule has 1 amide bonds. The van der Waals surface area contributed by atoms with Crippen molar-refractivity contribution in [1.29, 1.82) is 0 Å². The molecule has 0 aromatic heterocycles. The highest BCUT2D eigenvalue weighted by atomic mass is 32.2. The quantitative estimate of drug-likeness (QED) is 0.429. The standard InChI is InChI=1S/C25H20N2OS/c28-25(26-20-14-13-18-7-1-2-8-19(18)17-20)15-16-27-21-9-3-5-11-23(21)29-24-12-6-4-10-22(24)27/h1-14,17H,15-16H2,(H,26,28). The number of fused-ring (bicyclic) bond motifs is 3. The fourth-order valence-electron chi connectivity index (χ4n) is 3.73. The minimum Gasteiger partial charge on any atom is -0.339 e. The molecule has 142 valence electrons. The lowest BCUT2D eigenvalue weighted by Gasteiger charge is -2.32. The maximum Gasteiger partial charge on any atom is 0.226 e. The van der Waals surface area contributed by atoms with E-state index in [0.29, 0.717) is 13.0 Å². The van der Waals surface area contributed by atoms with Crippen LogP contribution in [-0.4, -0.2) is 12.5 Å². The summed E-state index contributed by atoms with van der Waals surface area (Å²) in [5.41, 5.74) is 3.16. The number of hydrogen-bond donors (Lipinski definition) is 1. The third-order valence-electron chi connectivity index (χ3n) is 5.13. The Bertz CT molecular complexity index is 1160. The first-order chi connectivity index (χ1) is 14.3. The Morgan fingerprint density at radius 1 is 0.759 bits per heavy atom. The first-order valence-electron chi connectivity index (χ1n) is 9.70. The van der Waals surface area contributed by atoms with E-state index in [2.05, 4.69) is 70.9 Å².